The monoisotopic (exact) mass is 232 g/mol. The van der Waals surface area contributed by atoms with Crippen molar-refractivity contribution in [2.75, 3.05) is 5.32 Å². The molecule has 0 atom stereocenters. The molecule has 4 nitrogen and oxygen atoms in total. The zero-order chi connectivity index (χ0) is 12.3. The molecule has 0 unspecified atom stereocenters. The first kappa shape index (κ1) is 11.0. The van der Waals surface area contributed by atoms with Gasteiger partial charge in [-0.3, -0.25) is 0 Å². The molecule has 6 heteroatoms. The summed E-state index contributed by atoms with van der Waals surface area (Å²) in [4.78, 5) is 0. The molecular formula is C11H6F2N4. The summed E-state index contributed by atoms with van der Waals surface area (Å²) in [6.07, 6.45) is 0. The van der Waals surface area contributed by atoms with Gasteiger partial charge in [0.15, 0.2) is 23.1 Å². The number of nitriles is 1. The van der Waals surface area contributed by atoms with Crippen molar-refractivity contribution in [2.24, 2.45) is 0 Å². The zero-order valence-corrected chi connectivity index (χ0v) is 8.48. The molecule has 1 N–H and O–H groups in total. The molecule has 0 radical (unpaired) electrons. The summed E-state index contributed by atoms with van der Waals surface area (Å²) in [5, 5.41) is 18.5. The first-order chi connectivity index (χ1) is 8.19. The first-order valence-electron chi connectivity index (χ1n) is 4.65. The lowest BCUT2D eigenvalue weighted by Crippen LogP contribution is -1.97. The fourth-order valence-corrected chi connectivity index (χ4v) is 1.18. The lowest BCUT2D eigenvalue weighted by Gasteiger charge is -2.04. The van der Waals surface area contributed by atoms with Gasteiger partial charge in [-0.2, -0.15) is 5.26 Å². The average molecular weight is 232 g/mol. The Bertz CT molecular complexity index is 575. The first-order valence-corrected chi connectivity index (χ1v) is 4.65. The van der Waals surface area contributed by atoms with Crippen LogP contribution in [-0.4, -0.2) is 10.2 Å². The van der Waals surface area contributed by atoms with Crippen molar-refractivity contribution in [3.8, 4) is 6.07 Å². The van der Waals surface area contributed by atoms with Crippen molar-refractivity contribution in [3.63, 3.8) is 0 Å². The van der Waals surface area contributed by atoms with Crippen molar-refractivity contribution in [3.05, 3.63) is 47.7 Å². The zero-order valence-electron chi connectivity index (χ0n) is 8.48. The highest BCUT2D eigenvalue weighted by atomic mass is 19.2. The fourth-order valence-electron chi connectivity index (χ4n) is 1.18. The average Bonchev–Trinajstić information content (AvgIpc) is 2.35. The van der Waals surface area contributed by atoms with Crippen LogP contribution in [0.25, 0.3) is 0 Å². The highest BCUT2D eigenvalue weighted by molar-refractivity contribution is 5.55. The molecule has 0 aliphatic heterocycles. The number of aromatic nitrogens is 2. The van der Waals surface area contributed by atoms with E-state index in [4.69, 9.17) is 5.26 Å². The minimum absolute atomic E-state index is 0.181. The Balaban J connectivity index is 2.20. The molecule has 1 aromatic heterocycles. The standard InChI is InChI=1S/C11H6F2N4/c12-9-3-1-7(5-10(9)13)15-11-4-2-8(6-14)16-17-11/h1-5H,(H,15,17). The lowest BCUT2D eigenvalue weighted by atomic mass is 10.3. The third-order valence-corrected chi connectivity index (χ3v) is 1.97. The van der Waals surface area contributed by atoms with Gasteiger partial charge in [0.1, 0.15) is 6.07 Å². The molecule has 0 fully saturated rings. The Hall–Kier alpha value is -2.55. The third kappa shape index (κ3) is 2.52. The van der Waals surface area contributed by atoms with Gasteiger partial charge in [0.2, 0.25) is 0 Å². The molecule has 0 amide bonds. The molecule has 2 aromatic rings. The summed E-state index contributed by atoms with van der Waals surface area (Å²) in [5.74, 6) is -1.52. The molecule has 0 saturated heterocycles. The SMILES string of the molecule is N#Cc1ccc(Nc2ccc(F)c(F)c2)nn1. The molecule has 0 aliphatic rings. The van der Waals surface area contributed by atoms with Crippen LogP contribution in [0.1, 0.15) is 5.69 Å². The van der Waals surface area contributed by atoms with Crippen molar-refractivity contribution < 1.29 is 8.78 Å². The second kappa shape index (κ2) is 4.53. The maximum absolute atomic E-state index is 12.9. The second-order valence-corrected chi connectivity index (χ2v) is 3.17. The van der Waals surface area contributed by atoms with Crippen molar-refractivity contribution in [1.29, 1.82) is 5.26 Å². The summed E-state index contributed by atoms with van der Waals surface area (Å²) >= 11 is 0. The number of hydrogen-bond donors (Lipinski definition) is 1. The van der Waals surface area contributed by atoms with E-state index in [1.165, 1.54) is 18.2 Å². The van der Waals surface area contributed by atoms with Gasteiger partial charge in [0.05, 0.1) is 0 Å². The van der Waals surface area contributed by atoms with E-state index in [1.54, 1.807) is 0 Å². The molecule has 0 spiro atoms. The van der Waals surface area contributed by atoms with Gasteiger partial charge in [0, 0.05) is 11.8 Å². The van der Waals surface area contributed by atoms with Crippen LogP contribution < -0.4 is 5.32 Å². The summed E-state index contributed by atoms with van der Waals surface area (Å²) in [6, 6.07) is 8.20. The number of nitrogens with one attached hydrogen (secondary N) is 1. The van der Waals surface area contributed by atoms with Crippen LogP contribution in [0, 0.1) is 23.0 Å². The fraction of sp³-hybridized carbons (Fsp3) is 0. The number of halogens is 2. The van der Waals surface area contributed by atoms with Crippen LogP contribution in [0.3, 0.4) is 0 Å². The van der Waals surface area contributed by atoms with E-state index in [2.05, 4.69) is 15.5 Å². The van der Waals surface area contributed by atoms with E-state index in [9.17, 15) is 8.78 Å². The number of rotatable bonds is 2. The summed E-state index contributed by atoms with van der Waals surface area (Å²) in [5.41, 5.74) is 0.531. The molecular weight excluding hydrogens is 226 g/mol. The Morgan fingerprint density at radius 1 is 1.06 bits per heavy atom. The van der Waals surface area contributed by atoms with E-state index < -0.39 is 11.6 Å². The summed E-state index contributed by atoms with van der Waals surface area (Å²) in [7, 11) is 0. The minimum atomic E-state index is -0.948. The second-order valence-electron chi connectivity index (χ2n) is 3.17. The quantitative estimate of drug-likeness (QED) is 0.863. The van der Waals surface area contributed by atoms with E-state index in [-0.39, 0.29) is 5.69 Å². The highest BCUT2D eigenvalue weighted by Gasteiger charge is 2.03. The van der Waals surface area contributed by atoms with Crippen LogP contribution in [0.15, 0.2) is 30.3 Å². The molecule has 0 aliphatic carbocycles. The third-order valence-electron chi connectivity index (χ3n) is 1.97. The predicted molar refractivity (Wildman–Crippen MR) is 56.4 cm³/mol. The molecule has 2 rings (SSSR count). The minimum Gasteiger partial charge on any atom is -0.339 e. The maximum Gasteiger partial charge on any atom is 0.163 e. The van der Waals surface area contributed by atoms with Gasteiger partial charge < -0.3 is 5.32 Å². The Labute approximate surface area is 95.5 Å². The normalized spacial score (nSPS) is 9.71. The number of nitrogens with zero attached hydrogens (tertiary/aromatic N) is 3. The number of hydrogen-bond acceptors (Lipinski definition) is 4. The lowest BCUT2D eigenvalue weighted by molar-refractivity contribution is 0.509. The Morgan fingerprint density at radius 2 is 1.88 bits per heavy atom. The molecule has 84 valence electrons. The molecule has 17 heavy (non-hydrogen) atoms. The van der Waals surface area contributed by atoms with E-state index in [0.717, 1.165) is 12.1 Å². The van der Waals surface area contributed by atoms with Gasteiger partial charge in [-0.1, -0.05) is 0 Å². The topological polar surface area (TPSA) is 61.6 Å². The van der Waals surface area contributed by atoms with Gasteiger partial charge in [-0.05, 0) is 24.3 Å². The number of anilines is 2. The van der Waals surface area contributed by atoms with Crippen LogP contribution in [0.4, 0.5) is 20.3 Å². The largest absolute Gasteiger partial charge is 0.339 e. The smallest absolute Gasteiger partial charge is 0.163 e. The van der Waals surface area contributed by atoms with Crippen LogP contribution in [-0.2, 0) is 0 Å². The summed E-state index contributed by atoms with van der Waals surface area (Å²) < 4.78 is 25.6. The molecule has 1 heterocycles. The highest BCUT2D eigenvalue weighted by Crippen LogP contribution is 2.16. The van der Waals surface area contributed by atoms with Gasteiger partial charge in [-0.25, -0.2) is 8.78 Å². The van der Waals surface area contributed by atoms with Crippen LogP contribution in [0.5, 0.6) is 0 Å². The van der Waals surface area contributed by atoms with Crippen LogP contribution in [0.2, 0.25) is 0 Å². The van der Waals surface area contributed by atoms with E-state index in [0.29, 0.717) is 11.5 Å². The van der Waals surface area contributed by atoms with Gasteiger partial charge in [0.25, 0.3) is 0 Å². The van der Waals surface area contributed by atoms with E-state index in [1.807, 2.05) is 6.07 Å². The van der Waals surface area contributed by atoms with E-state index >= 15 is 0 Å². The molecule has 0 saturated carbocycles. The molecule has 1 aromatic carbocycles. The van der Waals surface area contributed by atoms with Crippen molar-refractivity contribution >= 4 is 11.5 Å². The van der Waals surface area contributed by atoms with Crippen molar-refractivity contribution in [1.82, 2.24) is 10.2 Å². The number of benzene rings is 1. The van der Waals surface area contributed by atoms with Crippen LogP contribution >= 0.6 is 0 Å². The van der Waals surface area contributed by atoms with Gasteiger partial charge in [-0.15, -0.1) is 10.2 Å². The Kier molecular flexibility index (Phi) is 2.92. The van der Waals surface area contributed by atoms with Gasteiger partial charge >= 0.3 is 0 Å². The maximum atomic E-state index is 12.9. The Morgan fingerprint density at radius 3 is 2.47 bits per heavy atom. The summed E-state index contributed by atoms with van der Waals surface area (Å²) in [6.45, 7) is 0. The predicted octanol–water partition coefficient (Wildman–Crippen LogP) is 2.37. The van der Waals surface area contributed by atoms with Crippen molar-refractivity contribution in [2.45, 2.75) is 0 Å². The molecule has 0 bridgehead atoms.